The lowest BCUT2D eigenvalue weighted by atomic mass is 10.0. The second-order valence-electron chi connectivity index (χ2n) is 4.15. The zero-order valence-corrected chi connectivity index (χ0v) is 11.8. The summed E-state index contributed by atoms with van der Waals surface area (Å²) in [6.07, 6.45) is 5.73. The van der Waals surface area contributed by atoms with E-state index in [1.54, 1.807) is 0 Å². The minimum absolute atomic E-state index is 0.347. The summed E-state index contributed by atoms with van der Waals surface area (Å²) in [6.45, 7) is 6.09. The molecule has 86 valence electrons. The summed E-state index contributed by atoms with van der Waals surface area (Å²) in [5.74, 6) is 0. The van der Waals surface area contributed by atoms with E-state index in [4.69, 9.17) is 16.3 Å². The molecule has 0 amide bonds. The van der Waals surface area contributed by atoms with Crippen molar-refractivity contribution in [1.29, 1.82) is 0 Å². The van der Waals surface area contributed by atoms with Gasteiger partial charge in [0.25, 0.3) is 0 Å². The molecular formula is C9H21O2PS2. The van der Waals surface area contributed by atoms with Crippen LogP contribution in [0.4, 0.5) is 0 Å². The van der Waals surface area contributed by atoms with Crippen LogP contribution in [0.5, 0.6) is 0 Å². The minimum atomic E-state index is -2.82. The zero-order chi connectivity index (χ0) is 11.2. The van der Waals surface area contributed by atoms with E-state index < -0.39 is 5.69 Å². The molecule has 0 saturated heterocycles. The lowest BCUT2D eigenvalue weighted by Gasteiger charge is -2.27. The molecule has 0 fully saturated rings. The van der Waals surface area contributed by atoms with Gasteiger partial charge in [-0.15, -0.1) is 0 Å². The molecule has 0 heterocycles. The Hall–Kier alpha value is 0.920. The van der Waals surface area contributed by atoms with Crippen LogP contribution in [0, 0.1) is 0 Å². The molecule has 2 nitrogen and oxygen atoms in total. The highest BCUT2D eigenvalue weighted by atomic mass is 32.9. The monoisotopic (exact) mass is 256 g/mol. The molecular weight excluding hydrogens is 235 g/mol. The summed E-state index contributed by atoms with van der Waals surface area (Å²) < 4.78 is 5.35. The van der Waals surface area contributed by atoms with Gasteiger partial charge in [-0.1, -0.05) is 44.9 Å². The molecule has 0 aliphatic carbocycles. The SMILES string of the molecule is CCCCCCC(C)(C)OP(O)(=S)S. The average molecular weight is 256 g/mol. The molecule has 1 atom stereocenters. The van der Waals surface area contributed by atoms with E-state index in [0.717, 1.165) is 12.8 Å². The lowest BCUT2D eigenvalue weighted by molar-refractivity contribution is 0.103. The Labute approximate surface area is 97.8 Å². The highest BCUT2D eigenvalue weighted by molar-refractivity contribution is 8.59. The number of hydrogen-bond acceptors (Lipinski definition) is 2. The van der Waals surface area contributed by atoms with Crippen LogP contribution in [0.25, 0.3) is 0 Å². The van der Waals surface area contributed by atoms with Gasteiger partial charge in [0.15, 0.2) is 0 Å². The standard InChI is InChI=1S/C9H21O2PS2/c1-4-5-6-7-8-9(2,3)11-12(10,13)14/h4-8H2,1-3H3,(H2,10,13,14). The van der Waals surface area contributed by atoms with E-state index in [1.165, 1.54) is 19.3 Å². The number of rotatable bonds is 7. The molecule has 14 heavy (non-hydrogen) atoms. The van der Waals surface area contributed by atoms with Crippen molar-refractivity contribution in [2.24, 2.45) is 0 Å². The van der Waals surface area contributed by atoms with Gasteiger partial charge >= 0.3 is 0 Å². The second-order valence-corrected chi connectivity index (χ2v) is 9.24. The Balaban J connectivity index is 3.78. The van der Waals surface area contributed by atoms with Gasteiger partial charge in [-0.25, -0.2) is 0 Å². The fourth-order valence-corrected chi connectivity index (χ4v) is 3.35. The Morgan fingerprint density at radius 3 is 2.36 bits per heavy atom. The first-order valence-electron chi connectivity index (χ1n) is 5.03. The number of unbranched alkanes of at least 4 members (excludes halogenated alkanes) is 3. The largest absolute Gasteiger partial charge is 0.338 e. The maximum Gasteiger partial charge on any atom is 0.242 e. The van der Waals surface area contributed by atoms with Crippen molar-refractivity contribution in [2.75, 3.05) is 0 Å². The molecule has 5 heteroatoms. The molecule has 0 aliphatic rings. The van der Waals surface area contributed by atoms with E-state index in [-0.39, 0.29) is 5.60 Å². The summed E-state index contributed by atoms with van der Waals surface area (Å²) in [4.78, 5) is 9.32. The summed E-state index contributed by atoms with van der Waals surface area (Å²) in [6, 6.07) is 0. The van der Waals surface area contributed by atoms with Gasteiger partial charge in [-0.05, 0) is 32.1 Å². The van der Waals surface area contributed by atoms with Crippen LogP contribution >= 0.6 is 17.9 Å². The highest BCUT2D eigenvalue weighted by Gasteiger charge is 2.24. The van der Waals surface area contributed by atoms with Crippen LogP contribution in [-0.4, -0.2) is 10.5 Å². The molecule has 0 aromatic rings. The summed E-state index contributed by atoms with van der Waals surface area (Å²) in [7, 11) is 0. The van der Waals surface area contributed by atoms with Crippen LogP contribution in [0.2, 0.25) is 0 Å². The Morgan fingerprint density at radius 2 is 1.93 bits per heavy atom. The topological polar surface area (TPSA) is 29.5 Å². The predicted octanol–water partition coefficient (Wildman–Crippen LogP) is 3.90. The van der Waals surface area contributed by atoms with Gasteiger partial charge in [0, 0.05) is 0 Å². The molecule has 0 aromatic carbocycles. The van der Waals surface area contributed by atoms with Crippen molar-refractivity contribution in [3.05, 3.63) is 0 Å². The van der Waals surface area contributed by atoms with Crippen molar-refractivity contribution in [3.8, 4) is 0 Å². The lowest BCUT2D eigenvalue weighted by Crippen LogP contribution is -2.21. The highest BCUT2D eigenvalue weighted by Crippen LogP contribution is 2.51. The fraction of sp³-hybridized carbons (Fsp3) is 1.00. The van der Waals surface area contributed by atoms with E-state index in [1.807, 2.05) is 13.8 Å². The Morgan fingerprint density at radius 1 is 1.36 bits per heavy atom. The zero-order valence-electron chi connectivity index (χ0n) is 9.19. The Bertz CT molecular complexity index is 201. The fourth-order valence-electron chi connectivity index (χ4n) is 1.35. The van der Waals surface area contributed by atoms with Crippen LogP contribution in [0.3, 0.4) is 0 Å². The molecule has 0 bridgehead atoms. The van der Waals surface area contributed by atoms with Crippen LogP contribution < -0.4 is 0 Å². The predicted molar refractivity (Wildman–Crippen MR) is 69.4 cm³/mol. The van der Waals surface area contributed by atoms with E-state index >= 15 is 0 Å². The van der Waals surface area contributed by atoms with Crippen molar-refractivity contribution in [2.45, 2.75) is 58.5 Å². The van der Waals surface area contributed by atoms with E-state index in [0.29, 0.717) is 0 Å². The van der Waals surface area contributed by atoms with Gasteiger partial charge in [0.1, 0.15) is 0 Å². The van der Waals surface area contributed by atoms with Crippen molar-refractivity contribution >= 4 is 29.7 Å². The molecule has 0 aromatic heterocycles. The third kappa shape index (κ3) is 9.47. The van der Waals surface area contributed by atoms with Gasteiger partial charge in [-0.3, -0.25) is 0 Å². The van der Waals surface area contributed by atoms with Gasteiger partial charge in [0.05, 0.1) is 5.60 Å². The van der Waals surface area contributed by atoms with Crippen LogP contribution in [-0.2, 0) is 16.3 Å². The van der Waals surface area contributed by atoms with Crippen LogP contribution in [0.15, 0.2) is 0 Å². The quantitative estimate of drug-likeness (QED) is 0.411. The third-order valence-electron chi connectivity index (χ3n) is 2.00. The summed E-state index contributed by atoms with van der Waals surface area (Å²) in [5, 5.41) is 0. The smallest absolute Gasteiger partial charge is 0.242 e. The number of hydrogen-bond donors (Lipinski definition) is 2. The normalized spacial score (nSPS) is 16.6. The first-order chi connectivity index (χ1) is 6.27. The van der Waals surface area contributed by atoms with Gasteiger partial charge < -0.3 is 9.42 Å². The van der Waals surface area contributed by atoms with Crippen LogP contribution in [0.1, 0.15) is 52.9 Å². The minimum Gasteiger partial charge on any atom is -0.338 e. The molecule has 0 rings (SSSR count). The molecule has 0 radical (unpaired) electrons. The first-order valence-corrected chi connectivity index (χ1v) is 8.86. The Kier molecular flexibility index (Phi) is 6.92. The van der Waals surface area contributed by atoms with E-state index in [9.17, 15) is 4.89 Å². The third-order valence-corrected chi connectivity index (χ3v) is 3.20. The van der Waals surface area contributed by atoms with Gasteiger partial charge in [0.2, 0.25) is 5.69 Å². The molecule has 0 aliphatic heterocycles. The number of thiol groups is 1. The maximum absolute atomic E-state index is 9.32. The first kappa shape index (κ1) is 14.9. The van der Waals surface area contributed by atoms with Crippen molar-refractivity contribution in [1.82, 2.24) is 0 Å². The molecule has 0 saturated carbocycles. The second kappa shape index (κ2) is 6.49. The molecule has 1 N–H and O–H groups in total. The average Bonchev–Trinajstić information content (AvgIpc) is 1.93. The molecule has 0 spiro atoms. The molecule has 1 unspecified atom stereocenters. The van der Waals surface area contributed by atoms with Gasteiger partial charge in [-0.2, -0.15) is 0 Å². The maximum atomic E-state index is 9.32. The van der Waals surface area contributed by atoms with E-state index in [2.05, 4.69) is 19.2 Å². The summed E-state index contributed by atoms with van der Waals surface area (Å²) in [5.41, 5.74) is -3.16. The van der Waals surface area contributed by atoms with Crippen molar-refractivity contribution < 1.29 is 9.42 Å². The summed E-state index contributed by atoms with van der Waals surface area (Å²) >= 11 is 8.61. The van der Waals surface area contributed by atoms with Crippen molar-refractivity contribution in [3.63, 3.8) is 0 Å².